The Labute approximate surface area is 105 Å². The van der Waals surface area contributed by atoms with Gasteiger partial charge >= 0.3 is 12.1 Å². The zero-order valence-corrected chi connectivity index (χ0v) is 10.1. The van der Waals surface area contributed by atoms with Crippen molar-refractivity contribution in [3.8, 4) is 0 Å². The van der Waals surface area contributed by atoms with E-state index < -0.39 is 28.5 Å². The van der Waals surface area contributed by atoms with Crippen LogP contribution in [0.25, 0.3) is 0 Å². The Morgan fingerprint density at radius 3 is 1.94 bits per heavy atom. The van der Waals surface area contributed by atoms with Crippen LogP contribution in [0.2, 0.25) is 5.02 Å². The second-order valence-electron chi connectivity index (χ2n) is 3.82. The van der Waals surface area contributed by atoms with Gasteiger partial charge in [0.15, 0.2) is 0 Å². The van der Waals surface area contributed by atoms with Crippen molar-refractivity contribution in [2.45, 2.75) is 25.9 Å². The zero-order valence-electron chi connectivity index (χ0n) is 9.33. The highest BCUT2D eigenvalue weighted by Gasteiger charge is 2.63. The molecule has 1 aromatic rings. The summed E-state index contributed by atoms with van der Waals surface area (Å²) < 4.78 is 62.0. The summed E-state index contributed by atoms with van der Waals surface area (Å²) in [5.41, 5.74) is 0.162. The lowest BCUT2D eigenvalue weighted by molar-refractivity contribution is -0.255. The summed E-state index contributed by atoms with van der Waals surface area (Å²) in [5.74, 6) is -7.79. The molecule has 1 rings (SSSR count). The number of aryl methyl sites for hydroxylation is 2. The molecule has 18 heavy (non-hydrogen) atoms. The lowest BCUT2D eigenvalue weighted by Gasteiger charge is -2.19. The Bertz CT molecular complexity index is 493. The lowest BCUT2D eigenvalue weighted by Crippen LogP contribution is -2.44. The van der Waals surface area contributed by atoms with E-state index in [2.05, 4.69) is 0 Å². The normalized spacial score (nSPS) is 12.7. The van der Waals surface area contributed by atoms with Crippen LogP contribution < -0.4 is 0 Å². The van der Waals surface area contributed by atoms with E-state index in [0.717, 1.165) is 6.07 Å². The molecular formula is C11H8ClF5O. The minimum absolute atomic E-state index is 0.403. The van der Waals surface area contributed by atoms with Crippen LogP contribution in [0.3, 0.4) is 0 Å². The van der Waals surface area contributed by atoms with Gasteiger partial charge in [-0.2, -0.15) is 22.0 Å². The summed E-state index contributed by atoms with van der Waals surface area (Å²) in [6.07, 6.45) is -5.94. The first-order chi connectivity index (χ1) is 7.98. The van der Waals surface area contributed by atoms with E-state index in [9.17, 15) is 26.7 Å². The largest absolute Gasteiger partial charge is 0.461 e. The smallest absolute Gasteiger partial charge is 0.287 e. The monoisotopic (exact) mass is 286 g/mol. The van der Waals surface area contributed by atoms with E-state index in [4.69, 9.17) is 11.6 Å². The van der Waals surface area contributed by atoms with Crippen molar-refractivity contribution < 1.29 is 26.7 Å². The van der Waals surface area contributed by atoms with Gasteiger partial charge in [-0.25, -0.2) is 0 Å². The van der Waals surface area contributed by atoms with E-state index >= 15 is 0 Å². The van der Waals surface area contributed by atoms with Gasteiger partial charge in [0.25, 0.3) is 0 Å². The standard InChI is InChI=1S/C11H8ClF5O/c1-5-3-7(8(12)4-6(5)2)9(18)10(13,14)11(15,16)17/h3-4H,1-2H3. The van der Waals surface area contributed by atoms with E-state index in [1.807, 2.05) is 0 Å². The maximum atomic E-state index is 12.9. The summed E-state index contributed by atoms with van der Waals surface area (Å²) in [4.78, 5) is 11.2. The second-order valence-corrected chi connectivity index (χ2v) is 4.22. The SMILES string of the molecule is Cc1cc(Cl)c(C(=O)C(F)(F)C(F)(F)F)cc1C. The number of ketones is 1. The number of carbonyl (C=O) groups excluding carboxylic acids is 1. The molecule has 100 valence electrons. The average molecular weight is 287 g/mol. The number of benzene rings is 1. The number of carbonyl (C=O) groups is 1. The second kappa shape index (κ2) is 4.50. The number of halogens is 6. The summed E-state index contributed by atoms with van der Waals surface area (Å²) in [6, 6.07) is 2.11. The Morgan fingerprint density at radius 2 is 1.50 bits per heavy atom. The molecule has 0 aromatic heterocycles. The van der Waals surface area contributed by atoms with E-state index in [-0.39, 0.29) is 0 Å². The van der Waals surface area contributed by atoms with Crippen LogP contribution in [0.1, 0.15) is 21.5 Å². The molecule has 0 saturated carbocycles. The summed E-state index contributed by atoms with van der Waals surface area (Å²) >= 11 is 5.53. The molecule has 0 radical (unpaired) electrons. The van der Waals surface area contributed by atoms with Crippen LogP contribution in [0.5, 0.6) is 0 Å². The van der Waals surface area contributed by atoms with Gasteiger partial charge in [0.2, 0.25) is 5.78 Å². The molecule has 0 N–H and O–H groups in total. The van der Waals surface area contributed by atoms with Crippen molar-refractivity contribution >= 4 is 17.4 Å². The molecule has 0 aliphatic carbocycles. The molecule has 0 heterocycles. The number of alkyl halides is 5. The van der Waals surface area contributed by atoms with Crippen LogP contribution in [-0.2, 0) is 0 Å². The minimum Gasteiger partial charge on any atom is -0.287 e. The Morgan fingerprint density at radius 1 is 1.06 bits per heavy atom. The van der Waals surface area contributed by atoms with Crippen LogP contribution in [-0.4, -0.2) is 17.9 Å². The Balaban J connectivity index is 3.32. The third-order valence-electron chi connectivity index (χ3n) is 2.47. The fourth-order valence-electron chi connectivity index (χ4n) is 1.25. The van der Waals surface area contributed by atoms with Crippen molar-refractivity contribution in [3.63, 3.8) is 0 Å². The molecule has 1 nitrogen and oxygen atoms in total. The van der Waals surface area contributed by atoms with Crippen molar-refractivity contribution in [2.24, 2.45) is 0 Å². The van der Waals surface area contributed by atoms with E-state index in [0.29, 0.717) is 11.1 Å². The molecule has 0 atom stereocenters. The molecular weight excluding hydrogens is 279 g/mol. The Kier molecular flexibility index (Phi) is 3.72. The highest BCUT2D eigenvalue weighted by Crippen LogP contribution is 2.39. The average Bonchev–Trinajstić information content (AvgIpc) is 2.20. The van der Waals surface area contributed by atoms with Gasteiger partial charge in [-0.3, -0.25) is 4.79 Å². The van der Waals surface area contributed by atoms with Crippen LogP contribution in [0.15, 0.2) is 12.1 Å². The molecule has 0 unspecified atom stereocenters. The molecule has 0 amide bonds. The third kappa shape index (κ3) is 2.48. The maximum Gasteiger partial charge on any atom is 0.461 e. The van der Waals surface area contributed by atoms with Crippen molar-refractivity contribution in [3.05, 3.63) is 33.8 Å². The van der Waals surface area contributed by atoms with Gasteiger partial charge < -0.3 is 0 Å². The first-order valence-corrected chi connectivity index (χ1v) is 5.12. The quantitative estimate of drug-likeness (QED) is 0.584. The highest BCUT2D eigenvalue weighted by atomic mass is 35.5. The van der Waals surface area contributed by atoms with Crippen LogP contribution in [0, 0.1) is 13.8 Å². The predicted octanol–water partition coefficient (Wildman–Crippen LogP) is 4.34. The molecule has 0 fully saturated rings. The van der Waals surface area contributed by atoms with E-state index in [1.165, 1.54) is 13.0 Å². The van der Waals surface area contributed by atoms with Crippen LogP contribution >= 0.6 is 11.6 Å². The number of Topliss-reactive ketones (excluding diaryl/α,β-unsaturated/α-hetero) is 1. The first kappa shape index (κ1) is 14.9. The summed E-state index contributed by atoms with van der Waals surface area (Å²) in [5, 5.41) is -0.424. The molecule has 7 heteroatoms. The zero-order chi connectivity index (χ0) is 14.3. The van der Waals surface area contributed by atoms with E-state index in [1.54, 1.807) is 6.92 Å². The van der Waals surface area contributed by atoms with Gasteiger partial charge in [0.1, 0.15) is 0 Å². The number of hydrogen-bond acceptors (Lipinski definition) is 1. The number of hydrogen-bond donors (Lipinski definition) is 0. The fraction of sp³-hybridized carbons (Fsp3) is 0.364. The van der Waals surface area contributed by atoms with Gasteiger partial charge in [0.05, 0.1) is 5.02 Å². The van der Waals surface area contributed by atoms with Crippen LogP contribution in [0.4, 0.5) is 22.0 Å². The molecule has 0 aliphatic rings. The molecule has 0 saturated heterocycles. The molecule has 0 spiro atoms. The predicted molar refractivity (Wildman–Crippen MR) is 56.3 cm³/mol. The third-order valence-corrected chi connectivity index (χ3v) is 2.78. The van der Waals surface area contributed by atoms with Gasteiger partial charge in [0, 0.05) is 5.56 Å². The Hall–Kier alpha value is -1.17. The topological polar surface area (TPSA) is 17.1 Å². The van der Waals surface area contributed by atoms with Crippen molar-refractivity contribution in [2.75, 3.05) is 0 Å². The lowest BCUT2D eigenvalue weighted by atomic mass is 10.00. The summed E-state index contributed by atoms with van der Waals surface area (Å²) in [6.45, 7) is 3.07. The minimum atomic E-state index is -5.94. The molecule has 1 aromatic carbocycles. The highest BCUT2D eigenvalue weighted by molar-refractivity contribution is 6.34. The molecule has 0 aliphatic heterocycles. The van der Waals surface area contributed by atoms with Gasteiger partial charge in [-0.15, -0.1) is 0 Å². The van der Waals surface area contributed by atoms with Crippen molar-refractivity contribution in [1.82, 2.24) is 0 Å². The number of rotatable bonds is 2. The first-order valence-electron chi connectivity index (χ1n) is 4.74. The fourth-order valence-corrected chi connectivity index (χ4v) is 1.56. The van der Waals surface area contributed by atoms with Gasteiger partial charge in [-0.05, 0) is 37.1 Å². The maximum absolute atomic E-state index is 12.9. The van der Waals surface area contributed by atoms with Crippen molar-refractivity contribution in [1.29, 1.82) is 0 Å². The van der Waals surface area contributed by atoms with Gasteiger partial charge in [-0.1, -0.05) is 11.6 Å². The summed E-state index contributed by atoms with van der Waals surface area (Å²) in [7, 11) is 0. The molecule has 0 bridgehead atoms.